The highest BCUT2D eigenvalue weighted by atomic mass is 35.5. The predicted octanol–water partition coefficient (Wildman–Crippen LogP) is 6.39. The molecular weight excluding hydrogens is 508 g/mol. The zero-order valence-corrected chi connectivity index (χ0v) is 24.0. The van der Waals surface area contributed by atoms with Crippen LogP contribution in [0.25, 0.3) is 22.2 Å². The quantitative estimate of drug-likeness (QED) is 0.303. The van der Waals surface area contributed by atoms with Gasteiger partial charge in [0.25, 0.3) is 0 Å². The van der Waals surface area contributed by atoms with Crippen molar-refractivity contribution in [1.29, 1.82) is 0 Å². The molecule has 2 fully saturated rings. The van der Waals surface area contributed by atoms with Crippen molar-refractivity contribution in [3.63, 3.8) is 0 Å². The van der Waals surface area contributed by atoms with Crippen molar-refractivity contribution < 1.29 is 4.79 Å². The van der Waals surface area contributed by atoms with E-state index in [4.69, 9.17) is 16.6 Å². The smallest absolute Gasteiger partial charge is 0.246 e. The Hall–Kier alpha value is -2.90. The number of hydrogen-bond donors (Lipinski definition) is 2. The number of carbonyl (C=O) groups excluding carboxylic acids is 1. The normalized spacial score (nSPS) is 20.8. The van der Waals surface area contributed by atoms with Crippen LogP contribution in [0.4, 0.5) is 5.95 Å². The third-order valence-electron chi connectivity index (χ3n) is 8.41. The Morgan fingerprint density at radius 3 is 2.56 bits per heavy atom. The fourth-order valence-electron chi connectivity index (χ4n) is 6.05. The second-order valence-electron chi connectivity index (χ2n) is 11.5. The summed E-state index contributed by atoms with van der Waals surface area (Å²) in [6.07, 6.45) is 17.0. The highest BCUT2D eigenvalue weighted by molar-refractivity contribution is 6.33. The SMILES string of the molecule is CN(C)C/C=C/C(=O)N1CCC(CCC2CCC(Nc3ncc(Cl)c(-c4c[nH]c5ccccc45)n3)CC2)CC1. The van der Waals surface area contributed by atoms with Crippen molar-refractivity contribution in [3.05, 3.63) is 53.8 Å². The molecule has 0 unspecified atom stereocenters. The summed E-state index contributed by atoms with van der Waals surface area (Å²) in [6.45, 7) is 2.60. The lowest BCUT2D eigenvalue weighted by Gasteiger charge is -2.33. The van der Waals surface area contributed by atoms with Gasteiger partial charge in [0.05, 0.1) is 16.9 Å². The summed E-state index contributed by atoms with van der Waals surface area (Å²) in [5.41, 5.74) is 2.83. The van der Waals surface area contributed by atoms with Gasteiger partial charge in [0.1, 0.15) is 0 Å². The average molecular weight is 549 g/mol. The van der Waals surface area contributed by atoms with Gasteiger partial charge in [-0.15, -0.1) is 0 Å². The number of halogens is 1. The zero-order valence-electron chi connectivity index (χ0n) is 23.2. The number of anilines is 1. The number of para-hydroxylation sites is 1. The van der Waals surface area contributed by atoms with Crippen LogP contribution in [0.1, 0.15) is 51.4 Å². The van der Waals surface area contributed by atoms with Crippen molar-refractivity contribution >= 4 is 34.4 Å². The second kappa shape index (κ2) is 13.0. The van der Waals surface area contributed by atoms with E-state index in [0.717, 1.165) is 79.3 Å². The molecule has 5 rings (SSSR count). The van der Waals surface area contributed by atoms with E-state index in [9.17, 15) is 4.79 Å². The molecule has 1 amide bonds. The van der Waals surface area contributed by atoms with Crippen LogP contribution in [0.3, 0.4) is 0 Å². The number of rotatable bonds is 9. The van der Waals surface area contributed by atoms with Crippen LogP contribution >= 0.6 is 11.6 Å². The fourth-order valence-corrected chi connectivity index (χ4v) is 6.25. The van der Waals surface area contributed by atoms with E-state index in [0.29, 0.717) is 17.0 Å². The van der Waals surface area contributed by atoms with Crippen molar-refractivity contribution in [2.75, 3.05) is 39.0 Å². The van der Waals surface area contributed by atoms with E-state index in [1.54, 1.807) is 12.3 Å². The van der Waals surface area contributed by atoms with Gasteiger partial charge in [0.2, 0.25) is 11.9 Å². The second-order valence-corrected chi connectivity index (χ2v) is 11.9. The van der Waals surface area contributed by atoms with E-state index in [1.807, 2.05) is 43.4 Å². The van der Waals surface area contributed by atoms with Crippen molar-refractivity contribution in [3.8, 4) is 11.3 Å². The molecular formula is C31H41ClN6O. The van der Waals surface area contributed by atoms with Gasteiger partial charge in [-0.1, -0.05) is 48.7 Å². The minimum atomic E-state index is 0.166. The summed E-state index contributed by atoms with van der Waals surface area (Å²) < 4.78 is 0. The molecule has 3 heterocycles. The molecule has 208 valence electrons. The fraction of sp³-hybridized carbons (Fsp3) is 0.516. The lowest BCUT2D eigenvalue weighted by molar-refractivity contribution is -0.127. The number of aromatic amines is 1. The maximum absolute atomic E-state index is 12.4. The molecule has 1 saturated heterocycles. The number of hydrogen-bond acceptors (Lipinski definition) is 5. The van der Waals surface area contributed by atoms with E-state index >= 15 is 0 Å². The number of likely N-dealkylation sites (tertiary alicyclic amines) is 1. The molecule has 2 N–H and O–H groups in total. The largest absolute Gasteiger partial charge is 0.360 e. The Labute approximate surface area is 237 Å². The summed E-state index contributed by atoms with van der Waals surface area (Å²) in [5, 5.41) is 5.25. The molecule has 1 aliphatic carbocycles. The number of piperidine rings is 1. The van der Waals surface area contributed by atoms with Crippen LogP contribution in [-0.2, 0) is 4.79 Å². The molecule has 0 spiro atoms. The Morgan fingerprint density at radius 2 is 1.82 bits per heavy atom. The summed E-state index contributed by atoms with van der Waals surface area (Å²) in [5.74, 6) is 2.37. The van der Waals surface area contributed by atoms with Crippen LogP contribution in [-0.4, -0.2) is 70.4 Å². The number of H-pyrrole nitrogens is 1. The number of amides is 1. The van der Waals surface area contributed by atoms with Gasteiger partial charge in [-0.3, -0.25) is 4.79 Å². The number of likely N-dealkylation sites (N-methyl/N-ethyl adjacent to an activating group) is 1. The third kappa shape index (κ3) is 7.20. The van der Waals surface area contributed by atoms with Crippen LogP contribution in [0.2, 0.25) is 5.02 Å². The average Bonchev–Trinajstić information content (AvgIpc) is 3.38. The van der Waals surface area contributed by atoms with Crippen molar-refractivity contribution in [2.24, 2.45) is 11.8 Å². The van der Waals surface area contributed by atoms with Crippen LogP contribution in [0.15, 0.2) is 48.8 Å². The number of fused-ring (bicyclic) bond motifs is 1. The summed E-state index contributed by atoms with van der Waals surface area (Å²) >= 11 is 6.51. The zero-order chi connectivity index (χ0) is 27.2. The maximum atomic E-state index is 12.4. The Kier molecular flexibility index (Phi) is 9.20. The van der Waals surface area contributed by atoms with Gasteiger partial charge in [-0.05, 0) is 70.5 Å². The summed E-state index contributed by atoms with van der Waals surface area (Å²) in [4.78, 5) is 29.1. The van der Waals surface area contributed by atoms with Gasteiger partial charge in [-0.25, -0.2) is 9.97 Å². The van der Waals surface area contributed by atoms with E-state index in [2.05, 4.69) is 32.3 Å². The Balaban J connectivity index is 1.05. The number of benzene rings is 1. The molecule has 39 heavy (non-hydrogen) atoms. The predicted molar refractivity (Wildman–Crippen MR) is 160 cm³/mol. The van der Waals surface area contributed by atoms with Gasteiger partial charge in [0, 0.05) is 54.4 Å². The molecule has 7 nitrogen and oxygen atoms in total. The third-order valence-corrected chi connectivity index (χ3v) is 8.69. The monoisotopic (exact) mass is 548 g/mol. The molecule has 0 atom stereocenters. The van der Waals surface area contributed by atoms with Crippen LogP contribution < -0.4 is 5.32 Å². The maximum Gasteiger partial charge on any atom is 0.246 e. The lowest BCUT2D eigenvalue weighted by atomic mass is 9.80. The molecule has 0 bridgehead atoms. The highest BCUT2D eigenvalue weighted by Crippen LogP contribution is 2.34. The van der Waals surface area contributed by atoms with Crippen molar-refractivity contribution in [2.45, 2.75) is 57.4 Å². The minimum Gasteiger partial charge on any atom is -0.360 e. The topological polar surface area (TPSA) is 77.2 Å². The first-order valence-electron chi connectivity index (χ1n) is 14.4. The first-order valence-corrected chi connectivity index (χ1v) is 14.8. The summed E-state index contributed by atoms with van der Waals surface area (Å²) in [7, 11) is 4.03. The number of nitrogens with one attached hydrogen (secondary N) is 2. The molecule has 1 aliphatic heterocycles. The highest BCUT2D eigenvalue weighted by Gasteiger charge is 2.25. The van der Waals surface area contributed by atoms with Gasteiger partial charge in [-0.2, -0.15) is 0 Å². The lowest BCUT2D eigenvalue weighted by Crippen LogP contribution is -2.37. The molecule has 8 heteroatoms. The molecule has 3 aromatic rings. The molecule has 2 aliphatic rings. The Bertz CT molecular complexity index is 1270. The standard InChI is InChI=1S/C31H41ClN6O/c1-37(2)17-5-8-29(39)38-18-15-23(16-19-38)10-9-22-11-13-24(14-12-22)35-31-34-21-27(32)30(36-31)26-20-33-28-7-4-3-6-25(26)28/h3-8,20-24,33H,9-19H2,1-2H3,(H,34,35,36)/b8-5+. The van der Waals surface area contributed by atoms with E-state index in [-0.39, 0.29) is 5.91 Å². The molecule has 0 radical (unpaired) electrons. The van der Waals surface area contributed by atoms with E-state index < -0.39 is 0 Å². The first-order chi connectivity index (χ1) is 19.0. The molecule has 2 aromatic heterocycles. The van der Waals surface area contributed by atoms with Crippen LogP contribution in [0, 0.1) is 11.8 Å². The molecule has 1 saturated carbocycles. The van der Waals surface area contributed by atoms with E-state index in [1.165, 1.54) is 25.7 Å². The van der Waals surface area contributed by atoms with Gasteiger partial charge < -0.3 is 20.1 Å². The van der Waals surface area contributed by atoms with Gasteiger partial charge >= 0.3 is 0 Å². The first kappa shape index (κ1) is 27.7. The van der Waals surface area contributed by atoms with Crippen LogP contribution in [0.5, 0.6) is 0 Å². The summed E-state index contributed by atoms with van der Waals surface area (Å²) in [6, 6.07) is 8.59. The van der Waals surface area contributed by atoms with Crippen molar-refractivity contribution in [1.82, 2.24) is 24.8 Å². The minimum absolute atomic E-state index is 0.166. The Morgan fingerprint density at radius 1 is 1.10 bits per heavy atom. The number of aromatic nitrogens is 3. The number of nitrogens with zero attached hydrogens (tertiary/aromatic N) is 4. The van der Waals surface area contributed by atoms with Gasteiger partial charge in [0.15, 0.2) is 0 Å². The molecule has 1 aromatic carbocycles. The number of carbonyl (C=O) groups is 1.